The predicted molar refractivity (Wildman–Crippen MR) is 329 cm³/mol. The number of likely N-dealkylation sites (N-methyl/N-ethyl adjacent to an activating group) is 1. The second-order valence-electron chi connectivity index (χ2n) is 21.3. The first kappa shape index (κ1) is 73.4. The molecule has 0 saturated carbocycles. The van der Waals surface area contributed by atoms with Crippen LogP contribution in [-0.4, -0.2) is 82.3 Å². The predicted octanol–water partition coefficient (Wildman–Crippen LogP) is 17.3. The van der Waals surface area contributed by atoms with Gasteiger partial charge in [-0.1, -0.05) is 231 Å². The van der Waals surface area contributed by atoms with E-state index in [0.29, 0.717) is 17.4 Å². The first-order valence-corrected chi connectivity index (χ1v) is 30.8. The molecule has 2 atom stereocenters. The molecule has 9 heteroatoms. The maximum absolute atomic E-state index is 12.9. The molecule has 0 heterocycles. The number of esters is 2. The summed E-state index contributed by atoms with van der Waals surface area (Å²) in [6, 6.07) is 0. The summed E-state index contributed by atoms with van der Waals surface area (Å²) in [5.74, 6) is -2.32. The average molecular weight is 1080 g/mol. The number of allylic oxidation sites excluding steroid dienone is 22. The van der Waals surface area contributed by atoms with Crippen molar-refractivity contribution in [1.82, 2.24) is 0 Å². The van der Waals surface area contributed by atoms with Crippen LogP contribution in [0.15, 0.2) is 134 Å². The Balaban J connectivity index is 4.21. The third-order valence-electron chi connectivity index (χ3n) is 12.6. The number of carboxylic acid groups (broad SMARTS) is 1. The Morgan fingerprint density at radius 2 is 0.731 bits per heavy atom. The van der Waals surface area contributed by atoms with Crippen molar-refractivity contribution >= 4 is 17.9 Å². The first-order chi connectivity index (χ1) is 38.1. The number of quaternary nitrogens is 1. The summed E-state index contributed by atoms with van der Waals surface area (Å²) in [4.78, 5) is 37.3. The van der Waals surface area contributed by atoms with Crippen LogP contribution in [0.5, 0.6) is 0 Å². The van der Waals surface area contributed by atoms with Crippen LogP contribution in [0.1, 0.15) is 226 Å². The molecule has 0 radical (unpaired) electrons. The lowest BCUT2D eigenvalue weighted by Crippen LogP contribution is -2.44. The Morgan fingerprint density at radius 3 is 1.09 bits per heavy atom. The van der Waals surface area contributed by atoms with Crippen LogP contribution in [0.2, 0.25) is 0 Å². The lowest BCUT2D eigenvalue weighted by molar-refractivity contribution is -0.870. The fraction of sp³-hybridized carbons (Fsp3) is 0.638. The Labute approximate surface area is 478 Å². The largest absolute Gasteiger partial charge is 0.545 e. The standard InChI is InChI=1S/C69H113NO8/c1-6-8-10-12-14-16-18-20-22-24-25-26-27-28-29-30-31-32-33-34-35-36-37-38-39-40-41-42-43-44-46-48-50-52-54-56-58-60-67(72)78-65(64-77-69(68(73)74)75-62-61-70(3,4)5)63-76-66(71)59-57-55-53-51-49-47-45-23-21-19-17-15-13-11-9-7-2/h8,10,14,16-17,19-20,22-23,25-26,28-29,31-32,34-35,37-38,40-41,45,65,69H,6-7,9,11-13,15,18,21,24,27,30,33,36,39,42-44,46-64H2,1-5H3/b10-8-,16-14-,19-17-,22-20-,26-25-,29-28-,32-31-,35-34-,38-37-,41-40-,45-23-. The number of hydrogen-bond donors (Lipinski definition) is 0. The number of carboxylic acids is 1. The smallest absolute Gasteiger partial charge is 0.306 e. The van der Waals surface area contributed by atoms with Gasteiger partial charge in [-0.2, -0.15) is 0 Å². The number of nitrogens with zero attached hydrogens (tertiary/aromatic N) is 1. The molecule has 0 amide bonds. The van der Waals surface area contributed by atoms with E-state index in [1.807, 2.05) is 21.1 Å². The minimum Gasteiger partial charge on any atom is -0.545 e. The molecule has 0 aromatic carbocycles. The molecule has 0 aromatic heterocycles. The number of ether oxygens (including phenoxy) is 4. The van der Waals surface area contributed by atoms with Gasteiger partial charge in [0.2, 0.25) is 0 Å². The molecule has 0 N–H and O–H groups in total. The number of rotatable bonds is 55. The highest BCUT2D eigenvalue weighted by atomic mass is 16.7. The van der Waals surface area contributed by atoms with E-state index in [1.165, 1.54) is 64.2 Å². The maximum atomic E-state index is 12.9. The van der Waals surface area contributed by atoms with Crippen LogP contribution in [0.25, 0.3) is 0 Å². The molecule has 0 spiro atoms. The Kier molecular flexibility index (Phi) is 55.1. The fourth-order valence-electron chi connectivity index (χ4n) is 7.91. The monoisotopic (exact) mass is 1080 g/mol. The molecule has 442 valence electrons. The van der Waals surface area contributed by atoms with Crippen LogP contribution in [0.4, 0.5) is 0 Å². The van der Waals surface area contributed by atoms with E-state index < -0.39 is 24.3 Å². The molecular weight excluding hydrogens is 971 g/mol. The summed E-state index contributed by atoms with van der Waals surface area (Å²) < 4.78 is 22.7. The summed E-state index contributed by atoms with van der Waals surface area (Å²) in [6.45, 7) is 4.58. The van der Waals surface area contributed by atoms with Gasteiger partial charge in [0.1, 0.15) is 13.2 Å². The van der Waals surface area contributed by atoms with Gasteiger partial charge in [0.15, 0.2) is 12.4 Å². The van der Waals surface area contributed by atoms with Gasteiger partial charge in [-0.05, 0) is 116 Å². The van der Waals surface area contributed by atoms with Crippen LogP contribution >= 0.6 is 0 Å². The molecule has 0 fully saturated rings. The summed E-state index contributed by atoms with van der Waals surface area (Å²) in [7, 11) is 5.91. The van der Waals surface area contributed by atoms with E-state index in [9.17, 15) is 19.5 Å². The summed E-state index contributed by atoms with van der Waals surface area (Å²) in [6.07, 6.45) is 80.8. The molecule has 0 saturated heterocycles. The number of aliphatic carboxylic acids is 1. The van der Waals surface area contributed by atoms with Crippen molar-refractivity contribution in [1.29, 1.82) is 0 Å². The lowest BCUT2D eigenvalue weighted by atomic mass is 10.1. The van der Waals surface area contributed by atoms with Crippen molar-refractivity contribution in [3.05, 3.63) is 134 Å². The van der Waals surface area contributed by atoms with E-state index in [-0.39, 0.29) is 38.6 Å². The van der Waals surface area contributed by atoms with Crippen molar-refractivity contribution in [2.45, 2.75) is 238 Å². The third-order valence-corrected chi connectivity index (χ3v) is 12.6. The van der Waals surface area contributed by atoms with E-state index in [1.54, 1.807) is 0 Å². The highest BCUT2D eigenvalue weighted by molar-refractivity contribution is 5.70. The average Bonchev–Trinajstić information content (AvgIpc) is 3.41. The molecule has 0 bridgehead atoms. The van der Waals surface area contributed by atoms with Gasteiger partial charge in [0.05, 0.1) is 40.3 Å². The Morgan fingerprint density at radius 1 is 0.397 bits per heavy atom. The molecule has 2 unspecified atom stereocenters. The lowest BCUT2D eigenvalue weighted by Gasteiger charge is -2.26. The summed E-state index contributed by atoms with van der Waals surface area (Å²) in [5, 5.41) is 11.8. The number of carbonyl (C=O) groups is 3. The second-order valence-corrected chi connectivity index (χ2v) is 21.3. The first-order valence-electron chi connectivity index (χ1n) is 30.8. The molecule has 78 heavy (non-hydrogen) atoms. The zero-order valence-electron chi connectivity index (χ0n) is 50.2. The van der Waals surface area contributed by atoms with Gasteiger partial charge in [-0.25, -0.2) is 0 Å². The zero-order valence-corrected chi connectivity index (χ0v) is 50.2. The summed E-state index contributed by atoms with van der Waals surface area (Å²) in [5.41, 5.74) is 0. The molecule has 9 nitrogen and oxygen atoms in total. The Bertz CT molecular complexity index is 1740. The highest BCUT2D eigenvalue weighted by Crippen LogP contribution is 2.14. The van der Waals surface area contributed by atoms with Crippen LogP contribution in [0, 0.1) is 0 Å². The van der Waals surface area contributed by atoms with Crippen molar-refractivity contribution in [2.24, 2.45) is 0 Å². The minimum absolute atomic E-state index is 0.138. The second kappa shape index (κ2) is 58.6. The van der Waals surface area contributed by atoms with Crippen LogP contribution < -0.4 is 5.11 Å². The molecular formula is C69H113NO8. The van der Waals surface area contributed by atoms with E-state index >= 15 is 0 Å². The number of hydrogen-bond acceptors (Lipinski definition) is 8. The topological polar surface area (TPSA) is 111 Å². The van der Waals surface area contributed by atoms with Gasteiger partial charge in [-0.3, -0.25) is 9.59 Å². The van der Waals surface area contributed by atoms with Crippen LogP contribution in [-0.2, 0) is 33.3 Å². The quantitative estimate of drug-likeness (QED) is 0.0195. The Hall–Kier alpha value is -4.57. The SMILES string of the molecule is CC/C=C\C/C=C\C/C=C\C/C=C\C/C=C\C/C=C\C/C=C\C/C=C\C/C=C\CCCCCCCCCCCC(=O)OC(COC(=O)CCCCCCC/C=C\C/C=C\CCCCCC)COC(OCC[N+](C)(C)C)C(=O)[O-]. The van der Waals surface area contributed by atoms with Gasteiger partial charge in [-0.15, -0.1) is 0 Å². The van der Waals surface area contributed by atoms with Gasteiger partial charge in [0.25, 0.3) is 0 Å². The van der Waals surface area contributed by atoms with Crippen molar-refractivity contribution in [2.75, 3.05) is 47.5 Å². The van der Waals surface area contributed by atoms with E-state index in [2.05, 4.69) is 148 Å². The highest BCUT2D eigenvalue weighted by Gasteiger charge is 2.22. The number of unbranched alkanes of at least 4 members (excludes halogenated alkanes) is 18. The van der Waals surface area contributed by atoms with Crippen LogP contribution in [0.3, 0.4) is 0 Å². The molecule has 0 aliphatic heterocycles. The van der Waals surface area contributed by atoms with Gasteiger partial charge in [0, 0.05) is 12.8 Å². The normalized spacial score (nSPS) is 13.7. The minimum atomic E-state index is -1.63. The van der Waals surface area contributed by atoms with E-state index in [0.717, 1.165) is 128 Å². The maximum Gasteiger partial charge on any atom is 0.306 e. The third kappa shape index (κ3) is 59.1. The fourth-order valence-corrected chi connectivity index (χ4v) is 7.91. The van der Waals surface area contributed by atoms with Gasteiger partial charge >= 0.3 is 11.9 Å². The van der Waals surface area contributed by atoms with Crippen molar-refractivity contribution in [3.8, 4) is 0 Å². The molecule has 0 aromatic rings. The van der Waals surface area contributed by atoms with Crippen molar-refractivity contribution in [3.63, 3.8) is 0 Å². The zero-order chi connectivity index (χ0) is 56.9. The number of carbonyl (C=O) groups excluding carboxylic acids is 3. The molecule has 0 aliphatic rings. The molecule has 0 aliphatic carbocycles. The van der Waals surface area contributed by atoms with Crippen molar-refractivity contribution < 1.29 is 42.9 Å². The van der Waals surface area contributed by atoms with E-state index in [4.69, 9.17) is 18.9 Å². The van der Waals surface area contributed by atoms with Gasteiger partial charge < -0.3 is 33.3 Å². The molecule has 0 rings (SSSR count). The summed E-state index contributed by atoms with van der Waals surface area (Å²) >= 11 is 0.